The van der Waals surface area contributed by atoms with Gasteiger partial charge in [0.1, 0.15) is 41.9 Å². The molecule has 3 aromatic rings. The van der Waals surface area contributed by atoms with Gasteiger partial charge in [0, 0.05) is 6.42 Å². The van der Waals surface area contributed by atoms with E-state index in [1.807, 2.05) is 25.6 Å². The molecule has 3 heterocycles. The van der Waals surface area contributed by atoms with Crippen LogP contribution in [0.2, 0.25) is 0 Å². The Balaban J connectivity index is 1.48. The Kier molecular flexibility index (Phi) is 19.3. The van der Waals surface area contributed by atoms with Crippen LogP contribution in [0, 0.1) is 17.2 Å². The minimum atomic E-state index is -4.42. The van der Waals surface area contributed by atoms with Crippen LogP contribution in [-0.2, 0) is 38.5 Å². The van der Waals surface area contributed by atoms with Crippen molar-refractivity contribution in [3.05, 3.63) is 54.5 Å². The second kappa shape index (κ2) is 23.8. The zero-order chi connectivity index (χ0) is 42.0. The summed E-state index contributed by atoms with van der Waals surface area (Å²) in [5, 5.41) is 29.4. The van der Waals surface area contributed by atoms with Gasteiger partial charge in [0.25, 0.3) is 0 Å². The van der Waals surface area contributed by atoms with E-state index < -0.39 is 56.2 Å². The number of ether oxygens (including phenoxy) is 3. The number of nitrogens with two attached hydrogens (primary N) is 1. The average Bonchev–Trinajstić information content (AvgIpc) is 3.78. The molecule has 320 valence electrons. The molecule has 0 spiro atoms. The van der Waals surface area contributed by atoms with Gasteiger partial charge in [0.05, 0.1) is 18.9 Å². The molecule has 1 fully saturated rings. The number of hydrogen-bond donors (Lipinski definition) is 3. The van der Waals surface area contributed by atoms with E-state index in [-0.39, 0.29) is 36.2 Å². The van der Waals surface area contributed by atoms with Crippen LogP contribution >= 0.6 is 19.5 Å². The van der Waals surface area contributed by atoms with Gasteiger partial charge in [0.2, 0.25) is 5.60 Å². The van der Waals surface area contributed by atoms with Crippen molar-refractivity contribution in [2.24, 2.45) is 5.92 Å². The van der Waals surface area contributed by atoms with Crippen molar-refractivity contribution >= 4 is 42.8 Å². The SMILES string of the molecule is CCSCCCCCCCCCCCC(=O)O[C@H]1[C@@H](O)[C@](C#N)(c2ccc3c(N)ncnn23)O[C@@H]1CO[P@@](=O)(N[C@H](C)C(=O)OCC(CC)CC)Oc1ccccc1. The van der Waals surface area contributed by atoms with Crippen molar-refractivity contribution in [1.82, 2.24) is 19.7 Å². The van der Waals surface area contributed by atoms with E-state index in [2.05, 4.69) is 28.2 Å². The van der Waals surface area contributed by atoms with Gasteiger partial charge in [-0.25, -0.2) is 14.1 Å². The zero-order valence-electron chi connectivity index (χ0n) is 34.3. The van der Waals surface area contributed by atoms with Gasteiger partial charge in [-0.3, -0.25) is 14.1 Å². The lowest BCUT2D eigenvalue weighted by atomic mass is 9.92. The van der Waals surface area contributed by atoms with E-state index in [4.69, 9.17) is 29.0 Å². The van der Waals surface area contributed by atoms with Crippen LogP contribution in [0.15, 0.2) is 48.8 Å². The normalized spacial score (nSPS) is 20.7. The lowest BCUT2D eigenvalue weighted by Crippen LogP contribution is -2.43. The molecular weight excluding hydrogens is 784 g/mol. The van der Waals surface area contributed by atoms with E-state index in [0.29, 0.717) is 11.9 Å². The first-order chi connectivity index (χ1) is 28.0. The highest BCUT2D eigenvalue weighted by atomic mass is 32.2. The summed E-state index contributed by atoms with van der Waals surface area (Å²) in [5.74, 6) is 1.61. The molecule has 0 bridgehead atoms. The minimum Gasteiger partial charge on any atom is -0.464 e. The van der Waals surface area contributed by atoms with Gasteiger partial charge in [-0.05, 0) is 61.5 Å². The topological polar surface area (TPSA) is 210 Å². The molecule has 4 rings (SSSR count). The van der Waals surface area contributed by atoms with Crippen LogP contribution in [0.25, 0.3) is 5.52 Å². The van der Waals surface area contributed by atoms with Gasteiger partial charge in [-0.2, -0.15) is 27.2 Å². The number of rotatable bonds is 27. The second-order valence-corrected chi connectivity index (χ2v) is 17.6. The molecule has 0 unspecified atom stereocenters. The van der Waals surface area contributed by atoms with Crippen molar-refractivity contribution in [3.8, 4) is 11.8 Å². The first-order valence-electron chi connectivity index (χ1n) is 20.6. The third-order valence-corrected chi connectivity index (χ3v) is 12.9. The molecule has 1 aliphatic rings. The van der Waals surface area contributed by atoms with E-state index in [0.717, 1.165) is 38.5 Å². The molecule has 15 nitrogen and oxygen atoms in total. The smallest absolute Gasteiger partial charge is 0.459 e. The van der Waals surface area contributed by atoms with Gasteiger partial charge >= 0.3 is 19.7 Å². The number of aliphatic hydroxyl groups is 1. The summed E-state index contributed by atoms with van der Waals surface area (Å²) in [5.41, 5.74) is 4.39. The Bertz CT molecular complexity index is 1810. The second-order valence-electron chi connectivity index (χ2n) is 14.6. The monoisotopic (exact) mass is 844 g/mol. The highest BCUT2D eigenvalue weighted by Gasteiger charge is 2.60. The number of nitriles is 1. The van der Waals surface area contributed by atoms with E-state index in [1.54, 1.807) is 36.4 Å². The lowest BCUT2D eigenvalue weighted by Gasteiger charge is -2.26. The number of anilines is 1. The van der Waals surface area contributed by atoms with Crippen LogP contribution in [0.1, 0.15) is 110 Å². The Hall–Kier alpha value is -3.71. The number of nitrogens with one attached hydrogen (secondary N) is 1. The number of thioether (sulfide) groups is 1. The van der Waals surface area contributed by atoms with Crippen molar-refractivity contribution < 1.29 is 42.5 Å². The Labute approximate surface area is 346 Å². The molecule has 1 aliphatic heterocycles. The number of unbranched alkanes of at least 4 members (excludes halogenated alkanes) is 8. The van der Waals surface area contributed by atoms with Gasteiger partial charge in [0.15, 0.2) is 11.9 Å². The molecule has 58 heavy (non-hydrogen) atoms. The third-order valence-electron chi connectivity index (χ3n) is 10.3. The predicted molar refractivity (Wildman–Crippen MR) is 223 cm³/mol. The molecule has 0 aliphatic carbocycles. The fourth-order valence-electron chi connectivity index (χ4n) is 6.76. The highest BCUT2D eigenvalue weighted by molar-refractivity contribution is 7.99. The standard InChI is InChI=1S/C41H61N6O9PS/c1-5-31(6-2)26-52-40(50)30(4)46-57(51,56-32-20-16-15-17-21-32)53-27-34-37(54-36(48)22-18-13-11-9-8-10-12-14-19-25-58-7-3)38(49)41(28-42,55-34)35-24-23-33-39(43)44-29-45-47(33)35/h15-17,20-21,23-24,29-31,34,37-38,49H,5-14,18-19,22,25-27H2,1-4H3,(H,46,51)(H2,43,44,45)/t30-,34-,37-,38-,41+,57+/m1/s1. The Morgan fingerprint density at radius 3 is 2.38 bits per heavy atom. The fraction of sp³-hybridized carbons (Fsp3) is 0.634. The summed E-state index contributed by atoms with van der Waals surface area (Å²) in [6.45, 7) is 7.28. The summed E-state index contributed by atoms with van der Waals surface area (Å²) < 4.78 is 45.2. The Morgan fingerprint density at radius 2 is 1.72 bits per heavy atom. The van der Waals surface area contributed by atoms with E-state index in [1.165, 1.54) is 61.0 Å². The maximum Gasteiger partial charge on any atom is 0.459 e. The fourth-order valence-corrected chi connectivity index (χ4v) is 8.96. The van der Waals surface area contributed by atoms with Crippen molar-refractivity contribution in [2.45, 2.75) is 135 Å². The number of hydrogen-bond acceptors (Lipinski definition) is 14. The van der Waals surface area contributed by atoms with Crippen LogP contribution < -0.4 is 15.3 Å². The molecule has 6 atom stereocenters. The summed E-state index contributed by atoms with van der Waals surface area (Å²) in [6.07, 6.45) is 8.02. The number of carbonyl (C=O) groups is 2. The van der Waals surface area contributed by atoms with Gasteiger partial charge in [-0.1, -0.05) is 96.8 Å². The minimum absolute atomic E-state index is 0.0803. The molecule has 1 saturated heterocycles. The average molecular weight is 845 g/mol. The van der Waals surface area contributed by atoms with E-state index >= 15 is 0 Å². The number of para-hydroxylation sites is 1. The molecule has 0 saturated carbocycles. The predicted octanol–water partition coefficient (Wildman–Crippen LogP) is 7.52. The Morgan fingerprint density at radius 1 is 1.05 bits per heavy atom. The summed E-state index contributed by atoms with van der Waals surface area (Å²) >= 11 is 1.99. The summed E-state index contributed by atoms with van der Waals surface area (Å²) in [4.78, 5) is 30.3. The lowest BCUT2D eigenvalue weighted by molar-refractivity contribution is -0.156. The molecular formula is C41H61N6O9PS. The van der Waals surface area contributed by atoms with Crippen LogP contribution in [0.4, 0.5) is 5.82 Å². The van der Waals surface area contributed by atoms with E-state index in [9.17, 15) is 24.5 Å². The number of nitrogen functional groups attached to an aromatic ring is 1. The number of fused-ring (bicyclic) bond motifs is 1. The zero-order valence-corrected chi connectivity index (χ0v) is 36.0. The van der Waals surface area contributed by atoms with Crippen LogP contribution in [0.5, 0.6) is 5.75 Å². The largest absolute Gasteiger partial charge is 0.464 e. The number of nitrogens with zero attached hydrogens (tertiary/aromatic N) is 4. The van der Waals surface area contributed by atoms with Crippen molar-refractivity contribution in [1.29, 1.82) is 5.26 Å². The van der Waals surface area contributed by atoms with Gasteiger partial charge in [-0.15, -0.1) is 0 Å². The number of aliphatic hydroxyl groups excluding tert-OH is 1. The summed E-state index contributed by atoms with van der Waals surface area (Å²) in [7, 11) is -4.42. The molecule has 0 radical (unpaired) electrons. The third kappa shape index (κ3) is 13.1. The molecule has 2 aromatic heterocycles. The number of benzene rings is 1. The van der Waals surface area contributed by atoms with Crippen molar-refractivity contribution in [2.75, 3.05) is 30.5 Å². The number of esters is 2. The molecule has 17 heteroatoms. The quantitative estimate of drug-likeness (QED) is 0.0385. The van der Waals surface area contributed by atoms with Crippen molar-refractivity contribution in [3.63, 3.8) is 0 Å². The van der Waals surface area contributed by atoms with Crippen LogP contribution in [0.3, 0.4) is 0 Å². The molecule has 4 N–H and O–H groups in total. The highest BCUT2D eigenvalue weighted by Crippen LogP contribution is 2.48. The van der Waals surface area contributed by atoms with Crippen LogP contribution in [-0.4, -0.2) is 80.7 Å². The molecule has 0 amide bonds. The summed E-state index contributed by atoms with van der Waals surface area (Å²) in [6, 6.07) is 12.3. The number of aromatic nitrogens is 3. The first-order valence-corrected chi connectivity index (χ1v) is 23.3. The number of carbonyl (C=O) groups excluding carboxylic acids is 2. The maximum atomic E-state index is 14.4. The first kappa shape index (κ1) is 47.0. The maximum absolute atomic E-state index is 14.4. The van der Waals surface area contributed by atoms with Gasteiger partial charge < -0.3 is 29.6 Å². The molecule has 1 aromatic carbocycles.